The van der Waals surface area contributed by atoms with E-state index in [1.807, 2.05) is 34.0 Å². The maximum absolute atomic E-state index is 13.8. The van der Waals surface area contributed by atoms with Gasteiger partial charge in [-0.3, -0.25) is 4.79 Å². The fourth-order valence-corrected chi connectivity index (χ4v) is 4.70. The quantitative estimate of drug-likeness (QED) is 0.293. The minimum absolute atomic E-state index is 0.0810. The summed E-state index contributed by atoms with van der Waals surface area (Å²) in [5.41, 5.74) is 3.09. The molecule has 4 aromatic rings. The predicted octanol–water partition coefficient (Wildman–Crippen LogP) is 2.09. The first-order valence-electron chi connectivity index (χ1n) is 12.4. The van der Waals surface area contributed by atoms with Gasteiger partial charge in [0.1, 0.15) is 17.8 Å². The molecule has 5 rings (SSSR count). The summed E-state index contributed by atoms with van der Waals surface area (Å²) in [4.78, 5) is 46.9. The van der Waals surface area contributed by atoms with Crippen LogP contribution in [0.15, 0.2) is 41.5 Å². The number of phenolic OH excluding ortho intramolecular Hbond substituents is 1. The fraction of sp³-hybridized carbons (Fsp3) is 0.333. The van der Waals surface area contributed by atoms with Gasteiger partial charge in [0.15, 0.2) is 11.3 Å². The third-order valence-corrected chi connectivity index (χ3v) is 6.66. The molecule has 1 amide bonds. The predicted molar refractivity (Wildman–Crippen MR) is 141 cm³/mol. The Kier molecular flexibility index (Phi) is 6.64. The summed E-state index contributed by atoms with van der Waals surface area (Å²) in [7, 11) is 5.42. The number of phenols is 1. The molecule has 0 fully saturated rings. The van der Waals surface area contributed by atoms with Gasteiger partial charge in [0.2, 0.25) is 0 Å². The molecule has 1 aliphatic rings. The van der Waals surface area contributed by atoms with Crippen LogP contribution in [0.3, 0.4) is 0 Å². The average Bonchev–Trinajstić information content (AvgIpc) is 3.50. The first-order chi connectivity index (χ1) is 18.5. The van der Waals surface area contributed by atoms with Crippen molar-refractivity contribution in [2.75, 3.05) is 14.1 Å². The van der Waals surface area contributed by atoms with Gasteiger partial charge < -0.3 is 19.6 Å². The molecule has 3 heterocycles. The number of rotatable bonds is 6. The van der Waals surface area contributed by atoms with Crippen LogP contribution in [-0.2, 0) is 26.7 Å². The number of benzene rings is 2. The van der Waals surface area contributed by atoms with Crippen molar-refractivity contribution in [1.82, 2.24) is 34.2 Å². The zero-order valence-corrected chi connectivity index (χ0v) is 22.4. The molecule has 12 nitrogen and oxygen atoms in total. The van der Waals surface area contributed by atoms with Crippen molar-refractivity contribution in [2.45, 2.75) is 39.4 Å². The topological polar surface area (TPSA) is 135 Å². The lowest BCUT2D eigenvalue weighted by molar-refractivity contribution is 0.0710. The molecule has 1 N–H and O–H groups in total. The molecule has 2 aromatic carbocycles. The number of ether oxygens (including phenoxy) is 1. The van der Waals surface area contributed by atoms with E-state index >= 15 is 0 Å². The molecule has 0 unspecified atom stereocenters. The molecular weight excluding hydrogens is 502 g/mol. The van der Waals surface area contributed by atoms with E-state index in [2.05, 4.69) is 32.3 Å². The lowest BCUT2D eigenvalue weighted by atomic mass is 9.98. The number of carbonyl (C=O) groups excluding carboxylic acids is 2. The van der Waals surface area contributed by atoms with Crippen LogP contribution in [0.1, 0.15) is 62.9 Å². The highest BCUT2D eigenvalue weighted by molar-refractivity contribution is 6.00. The molecule has 39 heavy (non-hydrogen) atoms. The minimum Gasteiger partial charge on any atom is -0.508 e. The van der Waals surface area contributed by atoms with Gasteiger partial charge in [0, 0.05) is 32.7 Å². The van der Waals surface area contributed by atoms with Gasteiger partial charge in [-0.1, -0.05) is 37.3 Å². The number of carbonyl (C=O) groups is 2. The Labute approximate surface area is 224 Å². The molecule has 1 aliphatic heterocycles. The second-order valence-electron chi connectivity index (χ2n) is 10.2. The zero-order chi connectivity index (χ0) is 28.0. The van der Waals surface area contributed by atoms with E-state index in [0.717, 1.165) is 38.6 Å². The number of imidazole rings is 1. The van der Waals surface area contributed by atoms with Crippen molar-refractivity contribution in [3.63, 3.8) is 0 Å². The SMILES string of the molecule is CC(C)c1cc(C(=O)N2Cc3ccc(CN(C)C)cc3C2)c(OC(=O)c2ncn3c(=O)n(C)nnc23)cc1O. The van der Waals surface area contributed by atoms with Gasteiger partial charge in [-0.15, -0.1) is 5.10 Å². The molecule has 0 atom stereocenters. The van der Waals surface area contributed by atoms with Gasteiger partial charge in [-0.2, -0.15) is 4.68 Å². The number of aromatic nitrogens is 5. The highest BCUT2D eigenvalue weighted by Gasteiger charge is 2.30. The van der Waals surface area contributed by atoms with Crippen LogP contribution in [0.2, 0.25) is 0 Å². The second-order valence-corrected chi connectivity index (χ2v) is 10.2. The van der Waals surface area contributed by atoms with Crippen LogP contribution in [0, 0.1) is 0 Å². The summed E-state index contributed by atoms with van der Waals surface area (Å²) in [6.07, 6.45) is 1.15. The summed E-state index contributed by atoms with van der Waals surface area (Å²) in [6.45, 7) is 5.39. The molecule has 0 radical (unpaired) electrons. The van der Waals surface area contributed by atoms with E-state index in [-0.39, 0.29) is 40.2 Å². The molecule has 0 aliphatic carbocycles. The Balaban J connectivity index is 1.48. The maximum Gasteiger partial charge on any atom is 0.366 e. The van der Waals surface area contributed by atoms with Crippen molar-refractivity contribution >= 4 is 17.5 Å². The summed E-state index contributed by atoms with van der Waals surface area (Å²) in [5.74, 6) is -1.59. The van der Waals surface area contributed by atoms with Crippen LogP contribution >= 0.6 is 0 Å². The van der Waals surface area contributed by atoms with Gasteiger partial charge in [-0.05, 0) is 48.3 Å². The molecule has 0 saturated carbocycles. The van der Waals surface area contributed by atoms with Crippen LogP contribution < -0.4 is 10.4 Å². The van der Waals surface area contributed by atoms with Crippen molar-refractivity contribution in [3.8, 4) is 11.5 Å². The Morgan fingerprint density at radius 1 is 1.13 bits per heavy atom. The van der Waals surface area contributed by atoms with Gasteiger partial charge in [0.05, 0.1) is 5.56 Å². The first-order valence-corrected chi connectivity index (χ1v) is 12.4. The molecule has 0 saturated heterocycles. The normalized spacial score (nSPS) is 12.9. The second kappa shape index (κ2) is 9.95. The lowest BCUT2D eigenvalue weighted by Gasteiger charge is -2.20. The Morgan fingerprint density at radius 2 is 1.87 bits per heavy atom. The lowest BCUT2D eigenvalue weighted by Crippen LogP contribution is -2.28. The standard InChI is InChI=1S/C27H29N7O5/c1-15(2)19-9-20(25(36)33-12-17-7-6-16(11-31(3)4)8-18(17)13-33)22(10-21(19)35)39-26(37)23-24-29-30-32(5)27(38)34(24)14-28-23/h6-10,14-15,35H,11-13H2,1-5H3. The highest BCUT2D eigenvalue weighted by Crippen LogP contribution is 2.35. The van der Waals surface area contributed by atoms with Crippen molar-refractivity contribution in [2.24, 2.45) is 7.05 Å². The van der Waals surface area contributed by atoms with E-state index < -0.39 is 11.7 Å². The number of fused-ring (bicyclic) bond motifs is 2. The largest absolute Gasteiger partial charge is 0.508 e. The Bertz CT molecular complexity index is 1670. The summed E-state index contributed by atoms with van der Waals surface area (Å²) in [5, 5.41) is 18.2. The van der Waals surface area contributed by atoms with Crippen LogP contribution in [-0.4, -0.2) is 65.3 Å². The van der Waals surface area contributed by atoms with Crippen molar-refractivity contribution in [1.29, 1.82) is 0 Å². The monoisotopic (exact) mass is 531 g/mol. The van der Waals surface area contributed by atoms with Crippen LogP contribution in [0.4, 0.5) is 0 Å². The Morgan fingerprint density at radius 3 is 2.59 bits per heavy atom. The van der Waals surface area contributed by atoms with E-state index in [9.17, 15) is 19.5 Å². The third kappa shape index (κ3) is 4.86. The smallest absolute Gasteiger partial charge is 0.366 e. The number of aryl methyl sites for hydroxylation is 1. The van der Waals surface area contributed by atoms with Crippen molar-refractivity contribution in [3.05, 3.63) is 80.7 Å². The van der Waals surface area contributed by atoms with Gasteiger partial charge >= 0.3 is 11.7 Å². The van der Waals surface area contributed by atoms with E-state index in [4.69, 9.17) is 4.74 Å². The van der Waals surface area contributed by atoms with E-state index in [1.54, 1.807) is 11.0 Å². The minimum atomic E-state index is -0.941. The molecule has 202 valence electrons. The Hall–Kier alpha value is -4.58. The molecule has 2 aromatic heterocycles. The van der Waals surface area contributed by atoms with Gasteiger partial charge in [-0.25, -0.2) is 19.0 Å². The van der Waals surface area contributed by atoms with E-state index in [0.29, 0.717) is 18.7 Å². The van der Waals surface area contributed by atoms with Gasteiger partial charge in [0.25, 0.3) is 5.91 Å². The molecule has 0 bridgehead atoms. The zero-order valence-electron chi connectivity index (χ0n) is 22.4. The molecule has 0 spiro atoms. The van der Waals surface area contributed by atoms with E-state index in [1.165, 1.54) is 13.1 Å². The summed E-state index contributed by atoms with van der Waals surface area (Å²) >= 11 is 0. The summed E-state index contributed by atoms with van der Waals surface area (Å²) < 4.78 is 7.67. The summed E-state index contributed by atoms with van der Waals surface area (Å²) in [6, 6.07) is 9.03. The number of aromatic hydroxyl groups is 1. The number of esters is 1. The molecule has 12 heteroatoms. The number of hydrogen-bond donors (Lipinski definition) is 1. The molecular formula is C27H29N7O5. The van der Waals surface area contributed by atoms with Crippen LogP contribution in [0.25, 0.3) is 5.65 Å². The maximum atomic E-state index is 13.8. The first kappa shape index (κ1) is 26.0. The number of hydrogen-bond acceptors (Lipinski definition) is 9. The fourth-order valence-electron chi connectivity index (χ4n) is 4.70. The number of amides is 1. The average molecular weight is 532 g/mol. The highest BCUT2D eigenvalue weighted by atomic mass is 16.5. The number of nitrogens with zero attached hydrogens (tertiary/aromatic N) is 7. The van der Waals surface area contributed by atoms with Crippen molar-refractivity contribution < 1.29 is 19.4 Å². The third-order valence-electron chi connectivity index (χ3n) is 6.66. The van der Waals surface area contributed by atoms with Crippen LogP contribution in [0.5, 0.6) is 11.5 Å².